The summed E-state index contributed by atoms with van der Waals surface area (Å²) < 4.78 is 24.6. The van der Waals surface area contributed by atoms with Crippen molar-refractivity contribution in [3.05, 3.63) is 30.3 Å². The van der Waals surface area contributed by atoms with E-state index in [-0.39, 0.29) is 5.41 Å². The number of carbonyl (C=O) groups excluding carboxylic acids is 1. The van der Waals surface area contributed by atoms with Crippen molar-refractivity contribution in [2.75, 3.05) is 12.8 Å². The third-order valence-corrected chi connectivity index (χ3v) is 6.69. The summed E-state index contributed by atoms with van der Waals surface area (Å²) in [6, 6.07) is 8.32. The van der Waals surface area contributed by atoms with Gasteiger partial charge in [-0.15, -0.1) is 0 Å². The third-order valence-electron chi connectivity index (χ3n) is 4.04. The maximum atomic E-state index is 13.4. The van der Waals surface area contributed by atoms with Crippen LogP contribution in [0.5, 0.6) is 5.75 Å². The Bertz CT molecular complexity index is 594. The summed E-state index contributed by atoms with van der Waals surface area (Å²) >= 11 is 0. The van der Waals surface area contributed by atoms with Gasteiger partial charge >= 0.3 is 13.5 Å². The van der Waals surface area contributed by atoms with Crippen molar-refractivity contribution in [3.8, 4) is 5.75 Å². The third kappa shape index (κ3) is 8.37. The molecule has 0 aliphatic heterocycles. The van der Waals surface area contributed by atoms with E-state index in [4.69, 9.17) is 9.26 Å². The lowest BCUT2D eigenvalue weighted by Crippen LogP contribution is -2.37. The predicted molar refractivity (Wildman–Crippen MR) is 107 cm³/mol. The van der Waals surface area contributed by atoms with Gasteiger partial charge in [0.15, 0.2) is 0 Å². The molecule has 6 heteroatoms. The largest absolute Gasteiger partial charge is 0.464 e. The van der Waals surface area contributed by atoms with Gasteiger partial charge in [-0.05, 0) is 30.4 Å². The second-order valence-electron chi connectivity index (χ2n) is 7.96. The monoisotopic (exact) mass is 383 g/mol. The second kappa shape index (κ2) is 10.1. The number of para-hydroxylation sites is 1. The smallest absolute Gasteiger partial charge is 0.323 e. The van der Waals surface area contributed by atoms with Crippen molar-refractivity contribution < 1.29 is 18.6 Å². The number of esters is 1. The Hall–Kier alpha value is -1.32. The lowest BCUT2D eigenvalue weighted by molar-refractivity contribution is -0.146. The Balaban J connectivity index is 2.81. The number of hydrogen-bond acceptors (Lipinski definition) is 4. The van der Waals surface area contributed by atoms with Crippen molar-refractivity contribution in [2.24, 2.45) is 11.3 Å². The van der Waals surface area contributed by atoms with Gasteiger partial charge in [-0.3, -0.25) is 9.36 Å². The minimum Gasteiger partial charge on any atom is -0.464 e. The van der Waals surface area contributed by atoms with E-state index in [9.17, 15) is 9.36 Å². The van der Waals surface area contributed by atoms with E-state index < -0.39 is 19.5 Å². The van der Waals surface area contributed by atoms with Gasteiger partial charge in [0.25, 0.3) is 0 Å². The molecule has 0 aliphatic rings. The number of benzene rings is 1. The Morgan fingerprint density at radius 2 is 1.73 bits per heavy atom. The first kappa shape index (κ1) is 22.7. The second-order valence-corrected chi connectivity index (χ2v) is 10.1. The minimum atomic E-state index is -3.28. The van der Waals surface area contributed by atoms with Crippen LogP contribution in [-0.4, -0.2) is 24.8 Å². The lowest BCUT2D eigenvalue weighted by atomic mass is 10.0. The molecule has 0 bridgehead atoms. The molecule has 5 nitrogen and oxygen atoms in total. The van der Waals surface area contributed by atoms with Crippen LogP contribution in [0.3, 0.4) is 0 Å². The van der Waals surface area contributed by atoms with Crippen molar-refractivity contribution in [1.29, 1.82) is 0 Å². The first-order valence-electron chi connectivity index (χ1n) is 9.36. The van der Waals surface area contributed by atoms with Gasteiger partial charge in [0, 0.05) is 0 Å². The summed E-state index contributed by atoms with van der Waals surface area (Å²) in [5.41, 5.74) is -0.226. The van der Waals surface area contributed by atoms with Crippen LogP contribution in [0.1, 0.15) is 54.4 Å². The zero-order chi connectivity index (χ0) is 19.8. The highest BCUT2D eigenvalue weighted by Gasteiger charge is 2.34. The summed E-state index contributed by atoms with van der Waals surface area (Å²) in [5.74, 6) is 0.473. The van der Waals surface area contributed by atoms with E-state index in [1.54, 1.807) is 19.1 Å². The standard InChI is InChI=1S/C20H34NO4P/c1-7-17(8-2)14-24-19(22)16(3)21-26(23,15-20(4,5)6)25-18-12-10-9-11-13-18/h9-13,16-17H,7-8,14-15H2,1-6H3,(H,21,23)/t16-,26?/m0/s1. The predicted octanol–water partition coefficient (Wildman–Crippen LogP) is 5.26. The van der Waals surface area contributed by atoms with Crippen LogP contribution in [0.2, 0.25) is 0 Å². The van der Waals surface area contributed by atoms with Crippen LogP contribution in [-0.2, 0) is 14.1 Å². The fourth-order valence-electron chi connectivity index (χ4n) is 2.58. The van der Waals surface area contributed by atoms with Crippen LogP contribution in [0.15, 0.2) is 30.3 Å². The molecular formula is C20H34NO4P. The fourth-order valence-corrected chi connectivity index (χ4v) is 5.19. The molecule has 1 rings (SSSR count). The molecule has 0 amide bonds. The van der Waals surface area contributed by atoms with Gasteiger partial charge < -0.3 is 9.26 Å². The van der Waals surface area contributed by atoms with Crippen molar-refractivity contribution >= 4 is 13.5 Å². The molecule has 2 atom stereocenters. The molecule has 0 fully saturated rings. The lowest BCUT2D eigenvalue weighted by Gasteiger charge is -2.29. The molecule has 0 aliphatic carbocycles. The molecule has 0 saturated heterocycles. The first-order valence-corrected chi connectivity index (χ1v) is 11.2. The fraction of sp³-hybridized carbons (Fsp3) is 0.650. The average molecular weight is 383 g/mol. The molecule has 0 radical (unpaired) electrons. The molecule has 148 valence electrons. The number of nitrogens with one attached hydrogen (secondary N) is 1. The molecule has 26 heavy (non-hydrogen) atoms. The topological polar surface area (TPSA) is 64.6 Å². The number of carbonyl (C=O) groups is 1. The summed E-state index contributed by atoms with van der Waals surface area (Å²) in [5, 5.41) is 2.92. The van der Waals surface area contributed by atoms with E-state index in [0.717, 1.165) is 12.8 Å². The van der Waals surface area contributed by atoms with Crippen LogP contribution in [0.25, 0.3) is 0 Å². The van der Waals surface area contributed by atoms with Crippen molar-refractivity contribution in [3.63, 3.8) is 0 Å². The minimum absolute atomic E-state index is 0.226. The van der Waals surface area contributed by atoms with Crippen LogP contribution in [0, 0.1) is 11.3 Å². The Morgan fingerprint density at radius 3 is 2.23 bits per heavy atom. The Kier molecular flexibility index (Phi) is 8.85. The van der Waals surface area contributed by atoms with E-state index in [2.05, 4.69) is 18.9 Å². The maximum Gasteiger partial charge on any atom is 0.323 e. The van der Waals surface area contributed by atoms with E-state index >= 15 is 0 Å². The van der Waals surface area contributed by atoms with Gasteiger partial charge in [0.1, 0.15) is 11.8 Å². The highest BCUT2D eigenvalue weighted by Crippen LogP contribution is 2.48. The van der Waals surface area contributed by atoms with Gasteiger partial charge in [-0.25, -0.2) is 5.09 Å². The van der Waals surface area contributed by atoms with Crippen LogP contribution < -0.4 is 9.61 Å². The zero-order valence-corrected chi connectivity index (χ0v) is 17.8. The molecule has 1 N–H and O–H groups in total. The molecule has 0 saturated carbocycles. The quantitative estimate of drug-likeness (QED) is 0.441. The Labute approximate surface area is 158 Å². The molecule has 0 aromatic heterocycles. The van der Waals surface area contributed by atoms with Gasteiger partial charge in [0.2, 0.25) is 0 Å². The molecule has 0 spiro atoms. The van der Waals surface area contributed by atoms with Crippen molar-refractivity contribution in [1.82, 2.24) is 5.09 Å². The van der Waals surface area contributed by atoms with Gasteiger partial charge in [0.05, 0.1) is 12.8 Å². The maximum absolute atomic E-state index is 13.4. The highest BCUT2D eigenvalue weighted by atomic mass is 31.2. The number of rotatable bonds is 10. The Morgan fingerprint density at radius 1 is 1.15 bits per heavy atom. The van der Waals surface area contributed by atoms with E-state index in [1.165, 1.54) is 0 Å². The van der Waals surface area contributed by atoms with Crippen LogP contribution in [0.4, 0.5) is 0 Å². The number of ether oxygens (including phenoxy) is 1. The van der Waals surface area contributed by atoms with E-state index in [0.29, 0.717) is 24.4 Å². The average Bonchev–Trinajstić information content (AvgIpc) is 2.54. The first-order chi connectivity index (χ1) is 12.1. The molecule has 0 heterocycles. The van der Waals surface area contributed by atoms with E-state index in [1.807, 2.05) is 39.0 Å². The zero-order valence-electron chi connectivity index (χ0n) is 17.0. The van der Waals surface area contributed by atoms with Crippen molar-refractivity contribution in [2.45, 2.75) is 60.4 Å². The van der Waals surface area contributed by atoms with Gasteiger partial charge in [-0.2, -0.15) is 0 Å². The normalized spacial score (nSPS) is 15.3. The molecular weight excluding hydrogens is 349 g/mol. The molecule has 1 aromatic rings. The summed E-state index contributed by atoms with van der Waals surface area (Å²) in [6.45, 7) is 12.2. The van der Waals surface area contributed by atoms with Crippen LogP contribution >= 0.6 is 7.52 Å². The summed E-state index contributed by atoms with van der Waals surface area (Å²) in [4.78, 5) is 12.3. The summed E-state index contributed by atoms with van der Waals surface area (Å²) in [7, 11) is -3.28. The number of hydrogen-bond donors (Lipinski definition) is 1. The summed E-state index contributed by atoms with van der Waals surface area (Å²) in [6.07, 6.45) is 2.23. The SMILES string of the molecule is CCC(CC)COC(=O)[C@H](C)NP(=O)(CC(C)(C)C)Oc1ccccc1. The molecule has 1 aromatic carbocycles. The highest BCUT2D eigenvalue weighted by molar-refractivity contribution is 7.57. The molecule has 1 unspecified atom stereocenters. The van der Waals surface area contributed by atoms with Gasteiger partial charge in [-0.1, -0.05) is 65.7 Å².